The van der Waals surface area contributed by atoms with Crippen molar-refractivity contribution in [3.63, 3.8) is 0 Å². The number of halogens is 1. The molecule has 7 nitrogen and oxygen atoms in total. The molecule has 2 amide bonds. The minimum absolute atomic E-state index is 0.00783. The third kappa shape index (κ3) is 4.30. The Labute approximate surface area is 200 Å². The number of rotatable bonds is 4. The summed E-state index contributed by atoms with van der Waals surface area (Å²) in [5.74, 6) is -0.107. The van der Waals surface area contributed by atoms with Crippen LogP contribution in [-0.2, 0) is 24.2 Å². The van der Waals surface area contributed by atoms with Crippen molar-refractivity contribution in [2.24, 2.45) is 0 Å². The van der Waals surface area contributed by atoms with Crippen LogP contribution in [-0.4, -0.2) is 76.8 Å². The molecule has 1 aromatic carbocycles. The first kappa shape index (κ1) is 22.9. The van der Waals surface area contributed by atoms with Gasteiger partial charge >= 0.3 is 0 Å². The lowest BCUT2D eigenvalue weighted by Crippen LogP contribution is -2.50. The molecule has 2 saturated heterocycles. The molecule has 2 aliphatic heterocycles. The molecule has 8 heteroatoms. The zero-order valence-corrected chi connectivity index (χ0v) is 20.2. The fraction of sp³-hybridized carbons (Fsp3) is 0.577. The summed E-state index contributed by atoms with van der Waals surface area (Å²) in [6.45, 7) is 8.71. The monoisotopic (exact) mass is 467 g/mol. The lowest BCUT2D eigenvalue weighted by atomic mass is 9.94. The quantitative estimate of drug-likeness (QED) is 0.694. The molecule has 1 aromatic heterocycles. The van der Waals surface area contributed by atoms with E-state index in [4.69, 9.17) is 0 Å². The van der Waals surface area contributed by atoms with Crippen molar-refractivity contribution in [3.05, 3.63) is 46.3 Å². The summed E-state index contributed by atoms with van der Waals surface area (Å²) in [4.78, 5) is 32.3. The molecular formula is C26H34FN5O2. The number of anilines is 1. The van der Waals surface area contributed by atoms with E-state index < -0.39 is 6.17 Å². The third-order valence-electron chi connectivity index (χ3n) is 7.72. The number of amides is 2. The maximum atomic E-state index is 14.2. The molecule has 0 radical (unpaired) electrons. The second kappa shape index (κ2) is 9.39. The highest BCUT2D eigenvalue weighted by Crippen LogP contribution is 2.28. The predicted octanol–water partition coefficient (Wildman–Crippen LogP) is 2.91. The van der Waals surface area contributed by atoms with E-state index >= 15 is 0 Å². The molecule has 3 aliphatic rings. The number of hydrogen-bond acceptors (Lipinski definition) is 4. The first-order chi connectivity index (χ1) is 16.4. The van der Waals surface area contributed by atoms with Crippen LogP contribution in [0.2, 0.25) is 0 Å². The van der Waals surface area contributed by atoms with Gasteiger partial charge in [0, 0.05) is 62.6 Å². The van der Waals surface area contributed by atoms with Crippen LogP contribution in [0.15, 0.2) is 18.2 Å². The van der Waals surface area contributed by atoms with E-state index in [2.05, 4.69) is 42.0 Å². The number of piperazine rings is 1. The van der Waals surface area contributed by atoms with Gasteiger partial charge in [0.05, 0.1) is 0 Å². The molecule has 1 atom stereocenters. The van der Waals surface area contributed by atoms with E-state index in [0.29, 0.717) is 37.2 Å². The fourth-order valence-electron chi connectivity index (χ4n) is 5.52. The van der Waals surface area contributed by atoms with Gasteiger partial charge in [0.2, 0.25) is 5.91 Å². The van der Waals surface area contributed by atoms with E-state index in [-0.39, 0.29) is 24.8 Å². The molecule has 3 heterocycles. The van der Waals surface area contributed by atoms with Crippen LogP contribution in [0.5, 0.6) is 0 Å². The Morgan fingerprint density at radius 2 is 1.76 bits per heavy atom. The van der Waals surface area contributed by atoms with Crippen molar-refractivity contribution in [3.8, 4) is 0 Å². The van der Waals surface area contributed by atoms with Gasteiger partial charge in [0.25, 0.3) is 5.91 Å². The first-order valence-electron chi connectivity index (χ1n) is 12.5. The number of benzene rings is 1. The Balaban J connectivity index is 1.29. The number of carbonyl (C=O) groups is 2. The Bertz CT molecular complexity index is 1080. The zero-order chi connectivity index (χ0) is 23.8. The van der Waals surface area contributed by atoms with Crippen molar-refractivity contribution in [1.29, 1.82) is 0 Å². The average molecular weight is 468 g/mol. The molecule has 0 saturated carbocycles. The average Bonchev–Trinajstić information content (AvgIpc) is 3.49. The molecule has 2 aromatic rings. The highest BCUT2D eigenvalue weighted by Gasteiger charge is 2.33. The maximum absolute atomic E-state index is 14.2. The minimum Gasteiger partial charge on any atom is -0.368 e. The molecule has 0 N–H and O–H groups in total. The van der Waals surface area contributed by atoms with Gasteiger partial charge in [-0.25, -0.2) is 4.39 Å². The number of alkyl halides is 1. The van der Waals surface area contributed by atoms with Crippen LogP contribution in [0, 0.1) is 13.8 Å². The van der Waals surface area contributed by atoms with Gasteiger partial charge in [0.1, 0.15) is 12.7 Å². The third-order valence-corrected chi connectivity index (χ3v) is 7.72. The molecule has 5 rings (SSSR count). The summed E-state index contributed by atoms with van der Waals surface area (Å²) in [6, 6.07) is 6.35. The second-order valence-electron chi connectivity index (χ2n) is 9.86. The molecule has 0 spiro atoms. The van der Waals surface area contributed by atoms with E-state index in [0.717, 1.165) is 44.7 Å². The van der Waals surface area contributed by atoms with E-state index in [1.807, 2.05) is 9.80 Å². The van der Waals surface area contributed by atoms with Crippen molar-refractivity contribution in [2.45, 2.75) is 58.7 Å². The number of likely N-dealkylation sites (tertiary alicyclic amines) is 1. The lowest BCUT2D eigenvalue weighted by molar-refractivity contribution is -0.132. The summed E-state index contributed by atoms with van der Waals surface area (Å²) in [7, 11) is 0. The summed E-state index contributed by atoms with van der Waals surface area (Å²) in [6.07, 6.45) is 2.18. The van der Waals surface area contributed by atoms with Gasteiger partial charge in [-0.05, 0) is 56.7 Å². The van der Waals surface area contributed by atoms with E-state index in [1.165, 1.54) is 16.8 Å². The standard InChI is InChI=1S/C26H34FN5O2/c1-18-6-5-7-22(19(18)2)29-12-14-30(15-13-29)24(33)17-32-23-9-8-20(27)16-21(23)25(28-32)26(34)31-10-3-4-11-31/h5-7,20H,3-4,8-17H2,1-2H3. The molecule has 1 unspecified atom stereocenters. The fourth-order valence-corrected chi connectivity index (χ4v) is 5.52. The van der Waals surface area contributed by atoms with Crippen molar-refractivity contribution < 1.29 is 14.0 Å². The number of nitrogens with zero attached hydrogens (tertiary/aromatic N) is 5. The van der Waals surface area contributed by atoms with Crippen molar-refractivity contribution in [1.82, 2.24) is 19.6 Å². The van der Waals surface area contributed by atoms with Crippen LogP contribution in [0.3, 0.4) is 0 Å². The number of carbonyl (C=O) groups excluding carboxylic acids is 2. The number of fused-ring (bicyclic) bond motifs is 1. The molecular weight excluding hydrogens is 433 g/mol. The van der Waals surface area contributed by atoms with Gasteiger partial charge in [-0.3, -0.25) is 14.3 Å². The molecule has 34 heavy (non-hydrogen) atoms. The van der Waals surface area contributed by atoms with Crippen molar-refractivity contribution >= 4 is 17.5 Å². The van der Waals surface area contributed by atoms with Crippen LogP contribution < -0.4 is 4.90 Å². The summed E-state index contributed by atoms with van der Waals surface area (Å²) < 4.78 is 15.9. The lowest BCUT2D eigenvalue weighted by Gasteiger charge is -2.37. The number of aryl methyl sites for hydroxylation is 1. The van der Waals surface area contributed by atoms with Crippen LogP contribution in [0.4, 0.5) is 10.1 Å². The predicted molar refractivity (Wildman–Crippen MR) is 129 cm³/mol. The first-order valence-corrected chi connectivity index (χ1v) is 12.5. The highest BCUT2D eigenvalue weighted by molar-refractivity contribution is 5.94. The smallest absolute Gasteiger partial charge is 0.274 e. The zero-order valence-electron chi connectivity index (χ0n) is 20.2. The Morgan fingerprint density at radius 1 is 1.03 bits per heavy atom. The largest absolute Gasteiger partial charge is 0.368 e. The Hall–Kier alpha value is -2.90. The summed E-state index contributed by atoms with van der Waals surface area (Å²) in [5, 5.41) is 4.59. The molecule has 1 aliphatic carbocycles. The van der Waals surface area contributed by atoms with Gasteiger partial charge in [-0.15, -0.1) is 0 Å². The van der Waals surface area contributed by atoms with Crippen LogP contribution in [0.25, 0.3) is 0 Å². The van der Waals surface area contributed by atoms with Crippen molar-refractivity contribution in [2.75, 3.05) is 44.2 Å². The van der Waals surface area contributed by atoms with Gasteiger partial charge in [-0.2, -0.15) is 5.10 Å². The Kier molecular flexibility index (Phi) is 6.32. The normalized spacial score (nSPS) is 20.6. The van der Waals surface area contributed by atoms with Gasteiger partial charge in [0.15, 0.2) is 5.69 Å². The molecule has 0 bridgehead atoms. The van der Waals surface area contributed by atoms with Crippen LogP contribution >= 0.6 is 0 Å². The minimum atomic E-state index is -0.955. The van der Waals surface area contributed by atoms with E-state index in [9.17, 15) is 14.0 Å². The van der Waals surface area contributed by atoms with Crippen LogP contribution in [0.1, 0.15) is 52.1 Å². The topological polar surface area (TPSA) is 61.7 Å². The maximum Gasteiger partial charge on any atom is 0.274 e. The molecule has 182 valence electrons. The summed E-state index contributed by atoms with van der Waals surface area (Å²) >= 11 is 0. The van der Waals surface area contributed by atoms with Gasteiger partial charge in [-0.1, -0.05) is 12.1 Å². The van der Waals surface area contributed by atoms with E-state index in [1.54, 1.807) is 4.68 Å². The summed E-state index contributed by atoms with van der Waals surface area (Å²) in [5.41, 5.74) is 5.72. The Morgan fingerprint density at radius 3 is 2.50 bits per heavy atom. The highest BCUT2D eigenvalue weighted by atomic mass is 19.1. The second-order valence-corrected chi connectivity index (χ2v) is 9.86. The number of hydrogen-bond donors (Lipinski definition) is 0. The SMILES string of the molecule is Cc1cccc(N2CCN(C(=O)Cn3nc(C(=O)N4CCCC4)c4c3CCC(F)C4)CC2)c1C. The van der Waals surface area contributed by atoms with Gasteiger partial charge < -0.3 is 14.7 Å². The molecule has 2 fully saturated rings. The number of aromatic nitrogens is 2.